The van der Waals surface area contributed by atoms with Crippen LogP contribution in [0.25, 0.3) is 0 Å². The highest BCUT2D eigenvalue weighted by Crippen LogP contribution is 2.49. The Balaban J connectivity index is 1.32. The van der Waals surface area contributed by atoms with E-state index in [1.807, 2.05) is 24.3 Å². The van der Waals surface area contributed by atoms with E-state index in [-0.39, 0.29) is 18.1 Å². The minimum absolute atomic E-state index is 0.105. The minimum Gasteiger partial charge on any atom is -0.497 e. The smallest absolute Gasteiger partial charge is 0.226 e. The molecule has 1 saturated carbocycles. The van der Waals surface area contributed by atoms with Crippen LogP contribution in [0.2, 0.25) is 5.02 Å². The number of ketones is 1. The number of benzene rings is 2. The summed E-state index contributed by atoms with van der Waals surface area (Å²) >= 11 is 6.18. The monoisotopic (exact) mass is 451 g/mol. The summed E-state index contributed by atoms with van der Waals surface area (Å²) in [5.74, 6) is 1.54. The number of methoxy groups -OCH3 is 1. The summed E-state index contributed by atoms with van der Waals surface area (Å²) in [5.41, 5.74) is 0.721. The van der Waals surface area contributed by atoms with Gasteiger partial charge in [0.1, 0.15) is 23.6 Å². The molecule has 3 aromatic rings. The number of carbonyl (C=O) groups is 2. The first-order chi connectivity index (χ1) is 15.5. The summed E-state index contributed by atoms with van der Waals surface area (Å²) < 4.78 is 11.0. The van der Waals surface area contributed by atoms with Crippen molar-refractivity contribution in [1.29, 1.82) is 0 Å². The predicted molar refractivity (Wildman–Crippen MR) is 119 cm³/mol. The third kappa shape index (κ3) is 5.06. The van der Waals surface area contributed by atoms with Gasteiger partial charge in [-0.05, 0) is 42.7 Å². The second-order valence-corrected chi connectivity index (χ2v) is 8.14. The molecule has 1 fully saturated rings. The molecule has 1 aromatic heterocycles. The molecule has 0 radical (unpaired) electrons. The third-order valence-corrected chi connectivity index (χ3v) is 5.77. The molecular weight excluding hydrogens is 430 g/mol. The zero-order chi connectivity index (χ0) is 22.6. The molecule has 0 bridgehead atoms. The highest BCUT2D eigenvalue weighted by molar-refractivity contribution is 6.32. The van der Waals surface area contributed by atoms with Crippen LogP contribution < -0.4 is 14.8 Å². The number of rotatable bonds is 9. The van der Waals surface area contributed by atoms with Gasteiger partial charge in [-0.2, -0.15) is 0 Å². The molecule has 7 nitrogen and oxygen atoms in total. The van der Waals surface area contributed by atoms with Gasteiger partial charge in [0.15, 0.2) is 5.78 Å². The van der Waals surface area contributed by atoms with Crippen molar-refractivity contribution in [2.45, 2.75) is 25.8 Å². The molecule has 1 aliphatic carbocycles. The number of nitrogens with one attached hydrogen (secondary N) is 1. The number of carbonyl (C=O) groups excluding carboxylic acids is 2. The molecule has 164 valence electrons. The van der Waals surface area contributed by atoms with E-state index in [2.05, 4.69) is 15.3 Å². The largest absolute Gasteiger partial charge is 0.497 e. The van der Waals surface area contributed by atoms with Crippen LogP contribution in [0.5, 0.6) is 17.2 Å². The maximum atomic E-state index is 12.7. The molecule has 32 heavy (non-hydrogen) atoms. The Morgan fingerprint density at radius 2 is 1.75 bits per heavy atom. The van der Waals surface area contributed by atoms with Gasteiger partial charge in [-0.3, -0.25) is 9.59 Å². The third-order valence-electron chi connectivity index (χ3n) is 5.46. The molecular formula is C24H22ClN3O4. The summed E-state index contributed by atoms with van der Waals surface area (Å²) in [5, 5.41) is 3.43. The van der Waals surface area contributed by atoms with Crippen LogP contribution in [0, 0.1) is 5.41 Å². The van der Waals surface area contributed by atoms with Crippen molar-refractivity contribution < 1.29 is 19.1 Å². The number of hydrogen-bond donors (Lipinski definition) is 1. The van der Waals surface area contributed by atoms with E-state index in [4.69, 9.17) is 21.1 Å². The lowest BCUT2D eigenvalue weighted by Gasteiger charge is -2.15. The quantitative estimate of drug-likeness (QED) is 0.478. The number of Topliss-reactive ketones (excluding diaryl/α,β-unsaturated/α-hetero) is 1. The first-order valence-corrected chi connectivity index (χ1v) is 10.5. The Morgan fingerprint density at radius 3 is 2.41 bits per heavy atom. The average molecular weight is 452 g/mol. The van der Waals surface area contributed by atoms with Crippen molar-refractivity contribution in [3.05, 3.63) is 77.3 Å². The summed E-state index contributed by atoms with van der Waals surface area (Å²) in [6.07, 6.45) is 5.90. The molecule has 0 aliphatic heterocycles. The summed E-state index contributed by atoms with van der Waals surface area (Å²) in [6.45, 7) is 0.365. The zero-order valence-corrected chi connectivity index (χ0v) is 18.3. The van der Waals surface area contributed by atoms with Gasteiger partial charge in [-0.15, -0.1) is 0 Å². The Bertz CT molecular complexity index is 1120. The molecule has 0 spiro atoms. The lowest BCUT2D eigenvalue weighted by atomic mass is 9.95. The first-order valence-electron chi connectivity index (χ1n) is 10.2. The average Bonchev–Trinajstić information content (AvgIpc) is 3.61. The van der Waals surface area contributed by atoms with E-state index >= 15 is 0 Å². The van der Waals surface area contributed by atoms with Crippen LogP contribution >= 0.6 is 11.6 Å². The van der Waals surface area contributed by atoms with Crippen LogP contribution in [0.1, 0.15) is 35.2 Å². The molecule has 0 unspecified atom stereocenters. The van der Waals surface area contributed by atoms with Gasteiger partial charge in [0.25, 0.3) is 0 Å². The Hall–Kier alpha value is -3.45. The molecule has 4 rings (SSSR count). The second kappa shape index (κ2) is 9.36. The number of aromatic nitrogens is 2. The van der Waals surface area contributed by atoms with Gasteiger partial charge in [0, 0.05) is 31.4 Å². The SMILES string of the molecule is COc1ccc(Cl)c(Oc2ccc(CNC(=O)C3(CC(=O)c4cncnc4)CC3)cc2)c1. The summed E-state index contributed by atoms with van der Waals surface area (Å²) in [4.78, 5) is 32.9. The van der Waals surface area contributed by atoms with Crippen LogP contribution in [0.4, 0.5) is 0 Å². The van der Waals surface area contributed by atoms with Gasteiger partial charge in [0.05, 0.1) is 23.1 Å². The molecule has 1 heterocycles. The van der Waals surface area contributed by atoms with Crippen molar-refractivity contribution in [2.75, 3.05) is 7.11 Å². The Morgan fingerprint density at radius 1 is 1.06 bits per heavy atom. The Kier molecular flexibility index (Phi) is 6.37. The van der Waals surface area contributed by atoms with Gasteiger partial charge in [0.2, 0.25) is 5.91 Å². The van der Waals surface area contributed by atoms with Gasteiger partial charge in [-0.1, -0.05) is 23.7 Å². The fraction of sp³-hybridized carbons (Fsp3) is 0.250. The van der Waals surface area contributed by atoms with Crippen molar-refractivity contribution >= 4 is 23.3 Å². The van der Waals surface area contributed by atoms with E-state index in [9.17, 15) is 9.59 Å². The molecule has 0 saturated heterocycles. The van der Waals surface area contributed by atoms with Crippen LogP contribution in [-0.4, -0.2) is 28.8 Å². The lowest BCUT2D eigenvalue weighted by Crippen LogP contribution is -2.33. The topological polar surface area (TPSA) is 90.4 Å². The van der Waals surface area contributed by atoms with Crippen molar-refractivity contribution in [1.82, 2.24) is 15.3 Å². The van der Waals surface area contributed by atoms with Crippen molar-refractivity contribution in [3.8, 4) is 17.2 Å². The highest BCUT2D eigenvalue weighted by Gasteiger charge is 2.50. The number of hydrogen-bond acceptors (Lipinski definition) is 6. The molecule has 0 atom stereocenters. The minimum atomic E-state index is -0.626. The maximum Gasteiger partial charge on any atom is 0.226 e. The molecule has 1 amide bonds. The van der Waals surface area contributed by atoms with Crippen molar-refractivity contribution in [3.63, 3.8) is 0 Å². The molecule has 1 aliphatic rings. The lowest BCUT2D eigenvalue weighted by molar-refractivity contribution is -0.126. The van der Waals surface area contributed by atoms with Crippen molar-refractivity contribution in [2.24, 2.45) is 5.41 Å². The number of halogens is 1. The zero-order valence-electron chi connectivity index (χ0n) is 17.5. The van der Waals surface area contributed by atoms with E-state index in [0.29, 0.717) is 47.2 Å². The molecule has 8 heteroatoms. The number of nitrogens with zero attached hydrogens (tertiary/aromatic N) is 2. The van der Waals surface area contributed by atoms with E-state index in [1.54, 1.807) is 25.3 Å². The first kappa shape index (κ1) is 21.8. The summed E-state index contributed by atoms with van der Waals surface area (Å²) in [7, 11) is 1.58. The normalized spacial score (nSPS) is 13.8. The second-order valence-electron chi connectivity index (χ2n) is 7.73. The van der Waals surface area contributed by atoms with Gasteiger partial charge in [-0.25, -0.2) is 9.97 Å². The van der Waals surface area contributed by atoms with Gasteiger partial charge >= 0.3 is 0 Å². The molecule has 1 N–H and O–H groups in total. The predicted octanol–water partition coefficient (Wildman–Crippen LogP) is 4.60. The van der Waals surface area contributed by atoms with Crippen LogP contribution in [0.3, 0.4) is 0 Å². The maximum absolute atomic E-state index is 12.7. The Labute approximate surface area is 190 Å². The standard InChI is InChI=1S/C24H22ClN3O4/c1-31-19-6-7-20(25)22(10-19)32-18-4-2-16(3-5-18)12-28-23(30)24(8-9-24)11-21(29)17-13-26-15-27-14-17/h2-7,10,13-15H,8-9,11-12H2,1H3,(H,28,30). The van der Waals surface area contributed by atoms with E-state index in [0.717, 1.165) is 5.56 Å². The van der Waals surface area contributed by atoms with Crippen LogP contribution in [-0.2, 0) is 11.3 Å². The number of ether oxygens (including phenoxy) is 2. The van der Waals surface area contributed by atoms with E-state index < -0.39 is 5.41 Å². The number of amides is 1. The van der Waals surface area contributed by atoms with Gasteiger partial charge < -0.3 is 14.8 Å². The summed E-state index contributed by atoms with van der Waals surface area (Å²) in [6, 6.07) is 12.5. The van der Waals surface area contributed by atoms with Crippen LogP contribution in [0.15, 0.2) is 61.2 Å². The molecule has 2 aromatic carbocycles. The van der Waals surface area contributed by atoms with E-state index in [1.165, 1.54) is 18.7 Å². The fourth-order valence-electron chi connectivity index (χ4n) is 3.35. The highest BCUT2D eigenvalue weighted by atomic mass is 35.5. The fourth-order valence-corrected chi connectivity index (χ4v) is 3.50.